The Morgan fingerprint density at radius 2 is 2.29 bits per heavy atom. The standard InChI is InChI=1S/C14H12N2O5/c1-10-7-12(15-21-10)9-20-14(17)6-5-11-3-2-4-13(8-11)16(18)19/h2-8H,9H2,1H3/b6-5+. The third kappa shape index (κ3) is 4.27. The SMILES string of the molecule is Cc1cc(COC(=O)/C=C/c2cccc([N+](=O)[O-])c2)no1. The molecule has 108 valence electrons. The number of ether oxygens (including phenoxy) is 1. The molecule has 0 aliphatic rings. The van der Waals surface area contributed by atoms with E-state index in [-0.39, 0.29) is 12.3 Å². The van der Waals surface area contributed by atoms with Gasteiger partial charge in [-0.15, -0.1) is 0 Å². The lowest BCUT2D eigenvalue weighted by Crippen LogP contribution is -2.00. The van der Waals surface area contributed by atoms with Crippen molar-refractivity contribution in [3.63, 3.8) is 0 Å². The highest BCUT2D eigenvalue weighted by Gasteiger charge is 2.05. The number of non-ortho nitro benzene ring substituents is 1. The first-order chi connectivity index (χ1) is 10.0. The van der Waals surface area contributed by atoms with Gasteiger partial charge in [-0.25, -0.2) is 4.79 Å². The zero-order valence-electron chi connectivity index (χ0n) is 11.2. The van der Waals surface area contributed by atoms with E-state index in [4.69, 9.17) is 9.26 Å². The van der Waals surface area contributed by atoms with E-state index in [9.17, 15) is 14.9 Å². The fourth-order valence-electron chi connectivity index (χ4n) is 1.59. The molecule has 0 aliphatic heterocycles. The zero-order chi connectivity index (χ0) is 15.2. The maximum atomic E-state index is 11.5. The normalized spacial score (nSPS) is 10.7. The summed E-state index contributed by atoms with van der Waals surface area (Å²) in [7, 11) is 0. The molecule has 0 saturated heterocycles. The van der Waals surface area contributed by atoms with Crippen molar-refractivity contribution in [1.82, 2.24) is 5.16 Å². The van der Waals surface area contributed by atoms with Crippen LogP contribution >= 0.6 is 0 Å². The molecular weight excluding hydrogens is 276 g/mol. The Morgan fingerprint density at radius 1 is 1.48 bits per heavy atom. The number of nitro groups is 1. The van der Waals surface area contributed by atoms with Crippen molar-refractivity contribution < 1.29 is 19.0 Å². The number of carbonyl (C=O) groups is 1. The number of nitro benzene ring substituents is 1. The number of hydrogen-bond acceptors (Lipinski definition) is 6. The highest BCUT2D eigenvalue weighted by atomic mass is 16.6. The quantitative estimate of drug-likeness (QED) is 0.363. The summed E-state index contributed by atoms with van der Waals surface area (Å²) >= 11 is 0. The lowest BCUT2D eigenvalue weighted by molar-refractivity contribution is -0.384. The highest BCUT2D eigenvalue weighted by Crippen LogP contribution is 2.14. The molecule has 1 aromatic heterocycles. The van der Waals surface area contributed by atoms with Gasteiger partial charge >= 0.3 is 5.97 Å². The van der Waals surface area contributed by atoms with E-state index in [0.717, 1.165) is 0 Å². The molecule has 0 saturated carbocycles. The minimum Gasteiger partial charge on any atom is -0.456 e. The Balaban J connectivity index is 1.92. The van der Waals surface area contributed by atoms with Crippen molar-refractivity contribution in [2.75, 3.05) is 0 Å². The van der Waals surface area contributed by atoms with Gasteiger partial charge in [0.15, 0.2) is 0 Å². The fourth-order valence-corrected chi connectivity index (χ4v) is 1.59. The van der Waals surface area contributed by atoms with Crippen LogP contribution in [0.25, 0.3) is 6.08 Å². The van der Waals surface area contributed by atoms with Gasteiger partial charge in [0.25, 0.3) is 5.69 Å². The summed E-state index contributed by atoms with van der Waals surface area (Å²) in [5, 5.41) is 14.3. The largest absolute Gasteiger partial charge is 0.456 e. The average molecular weight is 288 g/mol. The topological polar surface area (TPSA) is 95.5 Å². The Hall–Kier alpha value is -2.96. The monoisotopic (exact) mass is 288 g/mol. The number of nitrogens with zero attached hydrogens (tertiary/aromatic N) is 2. The summed E-state index contributed by atoms with van der Waals surface area (Å²) in [6.45, 7) is 1.75. The third-order valence-corrected chi connectivity index (χ3v) is 2.53. The second-order valence-electron chi connectivity index (χ2n) is 4.22. The van der Waals surface area contributed by atoms with Crippen molar-refractivity contribution >= 4 is 17.7 Å². The molecule has 0 N–H and O–H groups in total. The van der Waals surface area contributed by atoms with Gasteiger partial charge in [-0.3, -0.25) is 10.1 Å². The maximum absolute atomic E-state index is 11.5. The molecule has 0 fully saturated rings. The number of aromatic nitrogens is 1. The summed E-state index contributed by atoms with van der Waals surface area (Å²) in [6.07, 6.45) is 2.65. The van der Waals surface area contributed by atoms with Crippen LogP contribution in [0, 0.1) is 17.0 Å². The summed E-state index contributed by atoms with van der Waals surface area (Å²) in [5.41, 5.74) is 1.02. The molecule has 0 radical (unpaired) electrons. The van der Waals surface area contributed by atoms with Gasteiger partial charge in [0, 0.05) is 24.3 Å². The van der Waals surface area contributed by atoms with Gasteiger partial charge < -0.3 is 9.26 Å². The van der Waals surface area contributed by atoms with Crippen LogP contribution in [0.4, 0.5) is 5.69 Å². The minimum atomic E-state index is -0.567. The lowest BCUT2D eigenvalue weighted by Gasteiger charge is -1.97. The van der Waals surface area contributed by atoms with E-state index in [0.29, 0.717) is 17.0 Å². The molecule has 0 bridgehead atoms. The van der Waals surface area contributed by atoms with Gasteiger partial charge in [-0.2, -0.15) is 0 Å². The third-order valence-electron chi connectivity index (χ3n) is 2.53. The van der Waals surface area contributed by atoms with Gasteiger partial charge in [-0.1, -0.05) is 17.3 Å². The Labute approximate surface area is 120 Å². The van der Waals surface area contributed by atoms with Crippen molar-refractivity contribution in [3.05, 3.63) is 63.5 Å². The van der Waals surface area contributed by atoms with Crippen LogP contribution < -0.4 is 0 Å². The summed E-state index contributed by atoms with van der Waals surface area (Å²) < 4.78 is 9.80. The first-order valence-corrected chi connectivity index (χ1v) is 6.06. The second kappa shape index (κ2) is 6.47. The molecule has 1 heterocycles. The highest BCUT2D eigenvalue weighted by molar-refractivity contribution is 5.87. The molecule has 7 heteroatoms. The molecule has 0 aliphatic carbocycles. The first-order valence-electron chi connectivity index (χ1n) is 6.06. The number of benzene rings is 1. The minimum absolute atomic E-state index is 0.00938. The number of carbonyl (C=O) groups excluding carboxylic acids is 1. The fraction of sp³-hybridized carbons (Fsp3) is 0.143. The molecular formula is C14H12N2O5. The molecule has 2 rings (SSSR count). The van der Waals surface area contributed by atoms with Gasteiger partial charge in [0.1, 0.15) is 18.1 Å². The second-order valence-corrected chi connectivity index (χ2v) is 4.22. The summed E-state index contributed by atoms with van der Waals surface area (Å²) in [4.78, 5) is 21.6. The van der Waals surface area contributed by atoms with Crippen molar-refractivity contribution in [2.24, 2.45) is 0 Å². The Bertz CT molecular complexity index is 690. The van der Waals surface area contributed by atoms with Crippen LogP contribution in [0.5, 0.6) is 0 Å². The number of rotatable bonds is 5. The van der Waals surface area contributed by atoms with E-state index >= 15 is 0 Å². The van der Waals surface area contributed by atoms with Gasteiger partial charge in [0.05, 0.1) is 4.92 Å². The van der Waals surface area contributed by atoms with Gasteiger partial charge in [0.2, 0.25) is 0 Å². The predicted octanol–water partition coefficient (Wildman–Crippen LogP) is 2.65. The van der Waals surface area contributed by atoms with Crippen molar-refractivity contribution in [3.8, 4) is 0 Å². The molecule has 1 aromatic carbocycles. The van der Waals surface area contributed by atoms with Crippen LogP contribution in [0.3, 0.4) is 0 Å². The molecule has 7 nitrogen and oxygen atoms in total. The Morgan fingerprint density at radius 3 is 2.95 bits per heavy atom. The number of hydrogen-bond donors (Lipinski definition) is 0. The van der Waals surface area contributed by atoms with Crippen molar-refractivity contribution in [2.45, 2.75) is 13.5 Å². The molecule has 21 heavy (non-hydrogen) atoms. The zero-order valence-corrected chi connectivity index (χ0v) is 11.2. The molecule has 2 aromatic rings. The predicted molar refractivity (Wildman–Crippen MR) is 73.2 cm³/mol. The Kier molecular flexibility index (Phi) is 4.45. The number of aryl methyl sites for hydroxylation is 1. The molecule has 0 unspecified atom stereocenters. The first kappa shape index (κ1) is 14.4. The summed E-state index contributed by atoms with van der Waals surface area (Å²) in [6, 6.07) is 7.60. The average Bonchev–Trinajstić information content (AvgIpc) is 2.89. The van der Waals surface area contributed by atoms with Crippen LogP contribution in [0.15, 0.2) is 40.9 Å². The van der Waals surface area contributed by atoms with E-state index in [1.807, 2.05) is 0 Å². The van der Waals surface area contributed by atoms with Crippen molar-refractivity contribution in [1.29, 1.82) is 0 Å². The van der Waals surface area contributed by atoms with E-state index in [1.165, 1.54) is 24.3 Å². The van der Waals surface area contributed by atoms with Crippen LogP contribution in [0.1, 0.15) is 17.0 Å². The molecule has 0 spiro atoms. The molecule has 0 atom stereocenters. The lowest BCUT2D eigenvalue weighted by atomic mass is 10.2. The van der Waals surface area contributed by atoms with E-state index < -0.39 is 10.9 Å². The molecule has 0 amide bonds. The van der Waals surface area contributed by atoms with E-state index in [1.54, 1.807) is 25.1 Å². The maximum Gasteiger partial charge on any atom is 0.331 e. The smallest absolute Gasteiger partial charge is 0.331 e. The van der Waals surface area contributed by atoms with Crippen LogP contribution in [0.2, 0.25) is 0 Å². The summed E-state index contributed by atoms with van der Waals surface area (Å²) in [5.74, 6) is 0.0651. The number of esters is 1. The van der Waals surface area contributed by atoms with Crippen LogP contribution in [-0.4, -0.2) is 16.0 Å². The van der Waals surface area contributed by atoms with Crippen LogP contribution in [-0.2, 0) is 16.1 Å². The van der Waals surface area contributed by atoms with Gasteiger partial charge in [-0.05, 0) is 18.6 Å². The van der Waals surface area contributed by atoms with E-state index in [2.05, 4.69) is 5.16 Å².